The van der Waals surface area contributed by atoms with Gasteiger partial charge in [0, 0.05) is 11.2 Å². The van der Waals surface area contributed by atoms with E-state index in [2.05, 4.69) is 34.2 Å². The number of halogens is 1. The minimum atomic E-state index is 0.595. The third-order valence-corrected chi connectivity index (χ3v) is 3.95. The van der Waals surface area contributed by atoms with Crippen LogP contribution in [0.15, 0.2) is 61.1 Å². The summed E-state index contributed by atoms with van der Waals surface area (Å²) in [6.45, 7) is 1.21. The van der Waals surface area contributed by atoms with E-state index in [1.54, 1.807) is 6.33 Å². The van der Waals surface area contributed by atoms with Gasteiger partial charge in [-0.3, -0.25) is 0 Å². The van der Waals surface area contributed by atoms with Crippen LogP contribution in [0.5, 0.6) is 0 Å². The number of aromatic amines is 1. The van der Waals surface area contributed by atoms with Crippen LogP contribution >= 0.6 is 11.6 Å². The van der Waals surface area contributed by atoms with Gasteiger partial charge in [0.05, 0.1) is 25.2 Å². The molecular weight excluding hydrogens is 308 g/mol. The summed E-state index contributed by atoms with van der Waals surface area (Å²) in [4.78, 5) is 7.22. The largest absolute Gasteiger partial charge is 0.372 e. The highest BCUT2D eigenvalue weighted by molar-refractivity contribution is 6.30. The third-order valence-electron chi connectivity index (χ3n) is 3.70. The predicted molar refractivity (Wildman–Crippen MR) is 92.4 cm³/mol. The number of hydrogen-bond acceptors (Lipinski definition) is 2. The number of imidazole rings is 1. The van der Waals surface area contributed by atoms with Gasteiger partial charge in [0.1, 0.15) is 0 Å². The van der Waals surface area contributed by atoms with Crippen LogP contribution in [-0.4, -0.2) is 9.97 Å². The lowest BCUT2D eigenvalue weighted by atomic mass is 10.1. The number of ether oxygens (including phenoxy) is 1. The van der Waals surface area contributed by atoms with Crippen molar-refractivity contribution in [3.05, 3.63) is 88.5 Å². The first kappa shape index (κ1) is 15.8. The van der Waals surface area contributed by atoms with Crippen LogP contribution in [0.2, 0.25) is 5.02 Å². The van der Waals surface area contributed by atoms with Crippen molar-refractivity contribution < 1.29 is 4.74 Å². The SMILES string of the molecule is Clc1ccc(COCc2ccc(CCc3c[nH]cn3)cc2)cc1. The van der Waals surface area contributed by atoms with E-state index in [9.17, 15) is 0 Å². The topological polar surface area (TPSA) is 37.9 Å². The van der Waals surface area contributed by atoms with Gasteiger partial charge in [-0.2, -0.15) is 0 Å². The zero-order valence-electron chi connectivity index (χ0n) is 12.8. The molecule has 1 N–H and O–H groups in total. The van der Waals surface area contributed by atoms with Gasteiger partial charge in [0.15, 0.2) is 0 Å². The number of rotatable bonds is 7. The second-order valence-corrected chi connectivity index (χ2v) is 5.93. The van der Waals surface area contributed by atoms with Crippen LogP contribution in [0.25, 0.3) is 0 Å². The Morgan fingerprint density at radius 3 is 2.04 bits per heavy atom. The predicted octanol–water partition coefficient (Wildman–Crippen LogP) is 4.57. The molecule has 3 rings (SSSR count). The van der Waals surface area contributed by atoms with Crippen molar-refractivity contribution in [3.63, 3.8) is 0 Å². The highest BCUT2D eigenvalue weighted by atomic mass is 35.5. The zero-order chi connectivity index (χ0) is 15.9. The maximum Gasteiger partial charge on any atom is 0.0923 e. The molecule has 0 amide bonds. The van der Waals surface area contributed by atoms with E-state index in [0.29, 0.717) is 13.2 Å². The van der Waals surface area contributed by atoms with Gasteiger partial charge >= 0.3 is 0 Å². The quantitative estimate of drug-likeness (QED) is 0.691. The fourth-order valence-electron chi connectivity index (χ4n) is 2.37. The molecule has 0 radical (unpaired) electrons. The minimum Gasteiger partial charge on any atom is -0.372 e. The molecule has 23 heavy (non-hydrogen) atoms. The van der Waals surface area contributed by atoms with Crippen LogP contribution < -0.4 is 0 Å². The molecule has 1 aromatic heterocycles. The summed E-state index contributed by atoms with van der Waals surface area (Å²) in [7, 11) is 0. The van der Waals surface area contributed by atoms with E-state index in [-0.39, 0.29) is 0 Å². The molecule has 0 aliphatic rings. The summed E-state index contributed by atoms with van der Waals surface area (Å²) < 4.78 is 5.75. The van der Waals surface area contributed by atoms with Gasteiger partial charge in [0.25, 0.3) is 0 Å². The summed E-state index contributed by atoms with van der Waals surface area (Å²) in [6.07, 6.45) is 5.61. The molecule has 4 heteroatoms. The van der Waals surface area contributed by atoms with E-state index in [1.165, 1.54) is 11.1 Å². The molecule has 0 fully saturated rings. The van der Waals surface area contributed by atoms with Crippen molar-refractivity contribution >= 4 is 11.6 Å². The fraction of sp³-hybridized carbons (Fsp3) is 0.211. The molecule has 0 saturated heterocycles. The highest BCUT2D eigenvalue weighted by Crippen LogP contribution is 2.12. The summed E-state index contributed by atoms with van der Waals surface area (Å²) in [6, 6.07) is 16.3. The van der Waals surface area contributed by atoms with Gasteiger partial charge < -0.3 is 9.72 Å². The lowest BCUT2D eigenvalue weighted by molar-refractivity contribution is 0.107. The van der Waals surface area contributed by atoms with Gasteiger partial charge in [0.2, 0.25) is 0 Å². The molecule has 0 aliphatic carbocycles. The van der Waals surface area contributed by atoms with Crippen LogP contribution in [0, 0.1) is 0 Å². The highest BCUT2D eigenvalue weighted by Gasteiger charge is 1.99. The molecule has 1 heterocycles. The van der Waals surface area contributed by atoms with E-state index in [1.807, 2.05) is 30.5 Å². The molecule has 0 aliphatic heterocycles. The van der Waals surface area contributed by atoms with E-state index in [4.69, 9.17) is 16.3 Å². The smallest absolute Gasteiger partial charge is 0.0923 e. The zero-order valence-corrected chi connectivity index (χ0v) is 13.6. The number of benzene rings is 2. The maximum absolute atomic E-state index is 5.87. The average molecular weight is 327 g/mol. The lowest BCUT2D eigenvalue weighted by Gasteiger charge is -2.06. The second-order valence-electron chi connectivity index (χ2n) is 5.50. The molecular formula is C19H19ClN2O. The molecule has 0 spiro atoms. The summed E-state index contributed by atoms with van der Waals surface area (Å²) >= 11 is 5.87. The van der Waals surface area contributed by atoms with Gasteiger partial charge in [-0.1, -0.05) is 48.0 Å². The monoisotopic (exact) mass is 326 g/mol. The molecule has 0 bridgehead atoms. The Kier molecular flexibility index (Phi) is 5.46. The Morgan fingerprint density at radius 1 is 0.826 bits per heavy atom. The number of aromatic nitrogens is 2. The molecule has 118 valence electrons. The van der Waals surface area contributed by atoms with Crippen molar-refractivity contribution in [1.29, 1.82) is 0 Å². The molecule has 2 aromatic carbocycles. The normalized spacial score (nSPS) is 10.8. The Hall–Kier alpha value is -2.10. The lowest BCUT2D eigenvalue weighted by Crippen LogP contribution is -1.95. The van der Waals surface area contributed by atoms with Crippen molar-refractivity contribution in [3.8, 4) is 0 Å². The standard InChI is InChI=1S/C19H19ClN2O/c20-18-8-5-17(6-9-18)13-23-12-16-3-1-15(2-4-16)7-10-19-11-21-14-22-19/h1-6,8-9,11,14H,7,10,12-13H2,(H,21,22). The van der Waals surface area contributed by atoms with Gasteiger partial charge in [-0.15, -0.1) is 0 Å². The Labute approximate surface area is 141 Å². The van der Waals surface area contributed by atoms with Crippen LogP contribution in [0.1, 0.15) is 22.4 Å². The minimum absolute atomic E-state index is 0.595. The Bertz CT molecular complexity index is 706. The van der Waals surface area contributed by atoms with E-state index < -0.39 is 0 Å². The van der Waals surface area contributed by atoms with Crippen molar-refractivity contribution in [2.75, 3.05) is 0 Å². The number of nitrogens with zero attached hydrogens (tertiary/aromatic N) is 1. The summed E-state index contributed by atoms with van der Waals surface area (Å²) in [5, 5.41) is 0.749. The van der Waals surface area contributed by atoms with Crippen molar-refractivity contribution in [2.45, 2.75) is 26.1 Å². The van der Waals surface area contributed by atoms with Gasteiger partial charge in [-0.25, -0.2) is 4.98 Å². The van der Waals surface area contributed by atoms with Crippen molar-refractivity contribution in [1.82, 2.24) is 9.97 Å². The summed E-state index contributed by atoms with van der Waals surface area (Å²) in [5.41, 5.74) is 4.72. The maximum atomic E-state index is 5.87. The Morgan fingerprint density at radius 2 is 1.43 bits per heavy atom. The van der Waals surface area contributed by atoms with Crippen LogP contribution in [0.3, 0.4) is 0 Å². The van der Waals surface area contributed by atoms with Crippen molar-refractivity contribution in [2.24, 2.45) is 0 Å². The number of aryl methyl sites for hydroxylation is 2. The first-order chi connectivity index (χ1) is 11.3. The number of H-pyrrole nitrogens is 1. The number of hydrogen-bond donors (Lipinski definition) is 1. The van der Waals surface area contributed by atoms with Crippen LogP contribution in [-0.2, 0) is 30.8 Å². The average Bonchev–Trinajstić information content (AvgIpc) is 3.09. The fourth-order valence-corrected chi connectivity index (χ4v) is 2.50. The third kappa shape index (κ3) is 4.95. The number of nitrogens with one attached hydrogen (secondary N) is 1. The molecule has 3 nitrogen and oxygen atoms in total. The molecule has 0 atom stereocenters. The van der Waals surface area contributed by atoms with E-state index in [0.717, 1.165) is 29.1 Å². The molecule has 3 aromatic rings. The van der Waals surface area contributed by atoms with Gasteiger partial charge in [-0.05, 0) is 41.7 Å². The molecule has 0 saturated carbocycles. The first-order valence-electron chi connectivity index (χ1n) is 7.67. The second kappa shape index (κ2) is 7.95. The Balaban J connectivity index is 1.44. The molecule has 0 unspecified atom stereocenters. The van der Waals surface area contributed by atoms with Crippen LogP contribution in [0.4, 0.5) is 0 Å². The summed E-state index contributed by atoms with van der Waals surface area (Å²) in [5.74, 6) is 0. The first-order valence-corrected chi connectivity index (χ1v) is 8.05. The van der Waals surface area contributed by atoms with E-state index >= 15 is 0 Å².